The lowest BCUT2D eigenvalue weighted by Crippen LogP contribution is -2.19. The number of benzene rings is 1. The summed E-state index contributed by atoms with van der Waals surface area (Å²) in [7, 11) is -0.642. The summed E-state index contributed by atoms with van der Waals surface area (Å²) < 4.78 is 34.9. The molecule has 0 fully saturated rings. The summed E-state index contributed by atoms with van der Waals surface area (Å²) >= 11 is 0. The predicted molar refractivity (Wildman–Crippen MR) is 63.9 cm³/mol. The first-order chi connectivity index (χ1) is 7.98. The van der Waals surface area contributed by atoms with Crippen LogP contribution < -0.4 is 9.46 Å². The Labute approximate surface area is 100 Å². The van der Waals surface area contributed by atoms with Crippen molar-refractivity contribution in [1.29, 1.82) is 0 Å². The molecule has 1 aromatic carbocycles. The maximum Gasteiger partial charge on any atom is 0.235 e. The van der Waals surface area contributed by atoms with Crippen LogP contribution in [-0.2, 0) is 14.8 Å². The minimum Gasteiger partial charge on any atom is -0.506 e. The normalized spacial score (nSPS) is 11.2. The second-order valence-corrected chi connectivity index (χ2v) is 5.14. The number of methoxy groups -OCH3 is 2. The second kappa shape index (κ2) is 5.74. The highest BCUT2D eigenvalue weighted by molar-refractivity contribution is 7.92. The van der Waals surface area contributed by atoms with Crippen molar-refractivity contribution in [1.82, 2.24) is 0 Å². The molecule has 0 aliphatic carbocycles. The van der Waals surface area contributed by atoms with Gasteiger partial charge in [-0.25, -0.2) is 8.42 Å². The van der Waals surface area contributed by atoms with E-state index in [1.54, 1.807) is 6.07 Å². The Hall–Kier alpha value is -1.47. The summed E-state index contributed by atoms with van der Waals surface area (Å²) in [5, 5.41) is 9.57. The zero-order chi connectivity index (χ0) is 12.9. The molecule has 7 heteroatoms. The molecule has 6 nitrogen and oxygen atoms in total. The van der Waals surface area contributed by atoms with Crippen LogP contribution >= 0.6 is 0 Å². The molecular formula is C10H15NO5S. The van der Waals surface area contributed by atoms with Crippen LogP contribution in [0.5, 0.6) is 11.5 Å². The fourth-order valence-electron chi connectivity index (χ4n) is 1.14. The molecule has 1 rings (SSSR count). The van der Waals surface area contributed by atoms with E-state index in [0.717, 1.165) is 0 Å². The van der Waals surface area contributed by atoms with Gasteiger partial charge in [0.05, 0.1) is 25.2 Å². The molecule has 17 heavy (non-hydrogen) atoms. The molecular weight excluding hydrogens is 246 g/mol. The summed E-state index contributed by atoms with van der Waals surface area (Å²) in [6.07, 6.45) is 0. The van der Waals surface area contributed by atoms with Crippen molar-refractivity contribution in [2.75, 3.05) is 31.3 Å². The third-order valence-corrected chi connectivity index (χ3v) is 3.26. The third kappa shape index (κ3) is 4.12. The van der Waals surface area contributed by atoms with E-state index in [1.807, 2.05) is 0 Å². The molecule has 1 aromatic rings. The van der Waals surface area contributed by atoms with Gasteiger partial charge in [-0.15, -0.1) is 0 Å². The van der Waals surface area contributed by atoms with Crippen molar-refractivity contribution in [3.63, 3.8) is 0 Å². The number of rotatable bonds is 6. The first-order valence-corrected chi connectivity index (χ1v) is 6.50. The zero-order valence-electron chi connectivity index (χ0n) is 9.63. The van der Waals surface area contributed by atoms with E-state index in [1.165, 1.54) is 26.4 Å². The van der Waals surface area contributed by atoms with E-state index in [0.29, 0.717) is 5.75 Å². The van der Waals surface area contributed by atoms with Crippen LogP contribution in [0.15, 0.2) is 18.2 Å². The Morgan fingerprint density at radius 3 is 2.59 bits per heavy atom. The maximum absolute atomic E-state index is 11.5. The Balaban J connectivity index is 2.81. The van der Waals surface area contributed by atoms with Crippen molar-refractivity contribution in [2.45, 2.75) is 0 Å². The Kier molecular flexibility index (Phi) is 4.59. The fourth-order valence-corrected chi connectivity index (χ4v) is 2.13. The highest BCUT2D eigenvalue weighted by atomic mass is 32.2. The van der Waals surface area contributed by atoms with Gasteiger partial charge in [0.25, 0.3) is 0 Å². The Morgan fingerprint density at radius 2 is 2.06 bits per heavy atom. The molecule has 96 valence electrons. The molecule has 0 unspecified atom stereocenters. The molecule has 0 aliphatic rings. The van der Waals surface area contributed by atoms with Crippen LogP contribution in [0.1, 0.15) is 0 Å². The second-order valence-electron chi connectivity index (χ2n) is 3.30. The largest absolute Gasteiger partial charge is 0.506 e. The minimum atomic E-state index is -3.51. The molecule has 0 saturated carbocycles. The summed E-state index contributed by atoms with van der Waals surface area (Å²) in [4.78, 5) is 0. The summed E-state index contributed by atoms with van der Waals surface area (Å²) in [5.41, 5.74) is 0.113. The lowest BCUT2D eigenvalue weighted by molar-refractivity contribution is 0.217. The third-order valence-electron chi connectivity index (χ3n) is 2.03. The molecule has 0 amide bonds. The monoisotopic (exact) mass is 261 g/mol. The number of sulfonamides is 1. The van der Waals surface area contributed by atoms with Crippen molar-refractivity contribution in [3.05, 3.63) is 18.2 Å². The van der Waals surface area contributed by atoms with E-state index in [-0.39, 0.29) is 23.8 Å². The van der Waals surface area contributed by atoms with E-state index >= 15 is 0 Å². The SMILES string of the molecule is COCCS(=O)(=O)Nc1ccc(OC)cc1O. The van der Waals surface area contributed by atoms with Crippen molar-refractivity contribution in [2.24, 2.45) is 0 Å². The van der Waals surface area contributed by atoms with Crippen LogP contribution in [0.2, 0.25) is 0 Å². The summed E-state index contributed by atoms with van der Waals surface area (Å²) in [6.45, 7) is 0.0895. The Bertz CT molecular complexity index is 472. The van der Waals surface area contributed by atoms with Crippen LogP contribution in [0.25, 0.3) is 0 Å². The van der Waals surface area contributed by atoms with Gasteiger partial charge in [-0.1, -0.05) is 0 Å². The first-order valence-electron chi connectivity index (χ1n) is 4.85. The highest BCUT2D eigenvalue weighted by Crippen LogP contribution is 2.28. The average molecular weight is 261 g/mol. The van der Waals surface area contributed by atoms with Gasteiger partial charge < -0.3 is 14.6 Å². The molecule has 0 atom stereocenters. The van der Waals surface area contributed by atoms with Crippen molar-refractivity contribution >= 4 is 15.7 Å². The van der Waals surface area contributed by atoms with Gasteiger partial charge in [0, 0.05) is 13.2 Å². The quantitative estimate of drug-likeness (QED) is 0.739. The zero-order valence-corrected chi connectivity index (χ0v) is 10.5. The van der Waals surface area contributed by atoms with Crippen LogP contribution in [-0.4, -0.2) is 40.1 Å². The van der Waals surface area contributed by atoms with Crippen LogP contribution in [0.4, 0.5) is 5.69 Å². The number of aromatic hydroxyl groups is 1. The number of phenols is 1. The van der Waals surface area contributed by atoms with Crippen molar-refractivity contribution < 1.29 is 23.0 Å². The Morgan fingerprint density at radius 1 is 1.35 bits per heavy atom. The van der Waals surface area contributed by atoms with E-state index in [4.69, 9.17) is 4.74 Å². The lowest BCUT2D eigenvalue weighted by atomic mass is 10.3. The number of nitrogens with one attached hydrogen (secondary N) is 1. The number of hydrogen-bond donors (Lipinski definition) is 2. The summed E-state index contributed by atoms with van der Waals surface area (Å²) in [6, 6.07) is 4.31. The summed E-state index contributed by atoms with van der Waals surface area (Å²) in [5.74, 6) is 0.0855. The standard InChI is InChI=1S/C10H15NO5S/c1-15-5-6-17(13,14)11-9-4-3-8(16-2)7-10(9)12/h3-4,7,11-12H,5-6H2,1-2H3. The number of hydrogen-bond acceptors (Lipinski definition) is 5. The molecule has 0 aliphatic heterocycles. The number of ether oxygens (including phenoxy) is 2. The molecule has 0 saturated heterocycles. The molecule has 0 bridgehead atoms. The van der Waals surface area contributed by atoms with Gasteiger partial charge in [-0.05, 0) is 12.1 Å². The topological polar surface area (TPSA) is 84.9 Å². The van der Waals surface area contributed by atoms with E-state index in [9.17, 15) is 13.5 Å². The molecule has 2 N–H and O–H groups in total. The van der Waals surface area contributed by atoms with Crippen LogP contribution in [0.3, 0.4) is 0 Å². The predicted octanol–water partition coefficient (Wildman–Crippen LogP) is 0.789. The van der Waals surface area contributed by atoms with E-state index < -0.39 is 10.0 Å². The minimum absolute atomic E-state index is 0.0895. The molecule has 0 aromatic heterocycles. The number of anilines is 1. The van der Waals surface area contributed by atoms with Crippen LogP contribution in [0, 0.1) is 0 Å². The fraction of sp³-hybridized carbons (Fsp3) is 0.400. The molecule has 0 radical (unpaired) electrons. The van der Waals surface area contributed by atoms with E-state index in [2.05, 4.69) is 9.46 Å². The smallest absolute Gasteiger partial charge is 0.235 e. The first kappa shape index (κ1) is 13.6. The lowest BCUT2D eigenvalue weighted by Gasteiger charge is -2.10. The average Bonchev–Trinajstić information content (AvgIpc) is 2.29. The van der Waals surface area contributed by atoms with Gasteiger partial charge in [0.15, 0.2) is 0 Å². The molecule has 0 spiro atoms. The van der Waals surface area contributed by atoms with Gasteiger partial charge >= 0.3 is 0 Å². The van der Waals surface area contributed by atoms with Gasteiger partial charge in [-0.2, -0.15) is 0 Å². The van der Waals surface area contributed by atoms with Gasteiger partial charge in [0.2, 0.25) is 10.0 Å². The highest BCUT2D eigenvalue weighted by Gasteiger charge is 2.12. The van der Waals surface area contributed by atoms with Gasteiger partial charge in [0.1, 0.15) is 11.5 Å². The van der Waals surface area contributed by atoms with Gasteiger partial charge in [-0.3, -0.25) is 4.72 Å². The number of phenolic OH excluding ortho intramolecular Hbond substituents is 1. The van der Waals surface area contributed by atoms with Crippen molar-refractivity contribution in [3.8, 4) is 11.5 Å². The molecule has 0 heterocycles. The maximum atomic E-state index is 11.5.